The van der Waals surface area contributed by atoms with E-state index in [1.165, 1.54) is 23.6 Å². The number of rotatable bonds is 9. The molecule has 1 saturated carbocycles. The summed E-state index contributed by atoms with van der Waals surface area (Å²) in [5.74, 6) is 4.53. The van der Waals surface area contributed by atoms with Crippen molar-refractivity contribution in [2.24, 2.45) is 11.8 Å². The average Bonchev–Trinajstić information content (AvgIpc) is 3.69. The highest BCUT2D eigenvalue weighted by atomic mass is 19.1. The highest BCUT2D eigenvalue weighted by molar-refractivity contribution is 6.03. The fourth-order valence-corrected chi connectivity index (χ4v) is 4.39. The number of nitrogens with one attached hydrogen (secondary N) is 3. The molecule has 1 amide bonds. The van der Waals surface area contributed by atoms with Crippen molar-refractivity contribution in [3.63, 3.8) is 0 Å². The van der Waals surface area contributed by atoms with Crippen LogP contribution in [0.5, 0.6) is 0 Å². The molecule has 0 saturated heterocycles. The highest BCUT2D eigenvalue weighted by Crippen LogP contribution is 2.31. The van der Waals surface area contributed by atoms with Gasteiger partial charge in [-0.3, -0.25) is 10.2 Å². The smallest absolute Gasteiger partial charge is 0.274 e. The third-order valence-corrected chi connectivity index (χ3v) is 6.55. The van der Waals surface area contributed by atoms with E-state index in [1.54, 1.807) is 49.4 Å². The second-order valence-electron chi connectivity index (χ2n) is 9.47. The lowest BCUT2D eigenvalue weighted by atomic mass is 9.97. The molecule has 5 N–H and O–H groups in total. The molecule has 38 heavy (non-hydrogen) atoms. The minimum atomic E-state index is -0.533. The largest absolute Gasteiger partial charge is 0.391 e. The molecule has 194 valence electrons. The summed E-state index contributed by atoms with van der Waals surface area (Å²) in [5.41, 5.74) is 3.78. The van der Waals surface area contributed by atoms with E-state index in [0.717, 1.165) is 17.7 Å². The quantitative estimate of drug-likeness (QED) is 0.145. The van der Waals surface area contributed by atoms with E-state index in [4.69, 9.17) is 11.3 Å². The number of nitrogens with zero attached hydrogens (tertiary/aromatic N) is 2. The Balaban J connectivity index is 1.43. The van der Waals surface area contributed by atoms with Gasteiger partial charge in [0, 0.05) is 5.56 Å². The first-order valence-electron chi connectivity index (χ1n) is 12.4. The molecule has 1 heterocycles. The number of benzene rings is 3. The first-order chi connectivity index (χ1) is 18.4. The Labute approximate surface area is 220 Å². The summed E-state index contributed by atoms with van der Waals surface area (Å²) >= 11 is 0. The van der Waals surface area contributed by atoms with Crippen molar-refractivity contribution in [3.8, 4) is 5.69 Å². The normalized spacial score (nSPS) is 13.7. The Morgan fingerprint density at radius 1 is 1.11 bits per heavy atom. The molecular formula is C29H29FN6O2. The zero-order chi connectivity index (χ0) is 26.6. The molecule has 0 radical (unpaired) electrons. The average molecular weight is 513 g/mol. The van der Waals surface area contributed by atoms with Crippen LogP contribution in [0, 0.1) is 24.1 Å². The predicted octanol–water partition coefficient (Wildman–Crippen LogP) is 4.88. The summed E-state index contributed by atoms with van der Waals surface area (Å²) in [4.78, 5) is 17.9. The Morgan fingerprint density at radius 2 is 1.89 bits per heavy atom. The first kappa shape index (κ1) is 25.3. The first-order valence-corrected chi connectivity index (χ1v) is 12.4. The molecule has 8 nitrogen and oxygen atoms in total. The molecule has 1 unspecified atom stereocenters. The Morgan fingerprint density at radius 3 is 2.63 bits per heavy atom. The molecule has 1 aromatic heterocycles. The van der Waals surface area contributed by atoms with Gasteiger partial charge in [0.2, 0.25) is 5.90 Å². The molecule has 5 rings (SSSR count). The van der Waals surface area contributed by atoms with Crippen LogP contribution in [0.3, 0.4) is 0 Å². The lowest BCUT2D eigenvalue weighted by Crippen LogP contribution is -2.25. The molecule has 4 aromatic rings. The van der Waals surface area contributed by atoms with Gasteiger partial charge in [-0.1, -0.05) is 42.5 Å². The number of nitrogens with two attached hydrogens (primary N) is 1. The van der Waals surface area contributed by atoms with Crippen molar-refractivity contribution in [2.45, 2.75) is 25.8 Å². The molecule has 1 aliphatic carbocycles. The molecule has 9 heteroatoms. The van der Waals surface area contributed by atoms with Gasteiger partial charge in [-0.15, -0.1) is 0 Å². The van der Waals surface area contributed by atoms with Crippen molar-refractivity contribution in [1.29, 1.82) is 5.41 Å². The van der Waals surface area contributed by atoms with Crippen LogP contribution in [0.15, 0.2) is 78.9 Å². The number of amides is 1. The summed E-state index contributed by atoms with van der Waals surface area (Å²) < 4.78 is 16.4. The summed E-state index contributed by atoms with van der Waals surface area (Å²) in [6, 6.07) is 23.0. The van der Waals surface area contributed by atoms with Gasteiger partial charge < -0.3 is 15.5 Å². The Bertz CT molecular complexity index is 1470. The number of aromatic nitrogens is 2. The maximum absolute atomic E-state index is 14.9. The van der Waals surface area contributed by atoms with Crippen LogP contribution in [0.2, 0.25) is 0 Å². The van der Waals surface area contributed by atoms with Crippen LogP contribution in [-0.4, -0.2) is 28.1 Å². The van der Waals surface area contributed by atoms with E-state index in [1.807, 2.05) is 30.3 Å². The third-order valence-electron chi connectivity index (χ3n) is 6.55. The van der Waals surface area contributed by atoms with Gasteiger partial charge in [0.15, 0.2) is 0 Å². The van der Waals surface area contributed by atoms with Gasteiger partial charge in [0.25, 0.3) is 5.91 Å². The summed E-state index contributed by atoms with van der Waals surface area (Å²) in [5, 5.41) is 18.6. The maximum atomic E-state index is 14.9. The van der Waals surface area contributed by atoms with Gasteiger partial charge in [0.1, 0.15) is 11.5 Å². The van der Waals surface area contributed by atoms with E-state index in [9.17, 15) is 9.18 Å². The maximum Gasteiger partial charge on any atom is 0.274 e. The third kappa shape index (κ3) is 5.64. The molecule has 0 bridgehead atoms. The summed E-state index contributed by atoms with van der Waals surface area (Å²) in [6.45, 7) is 2.64. The highest BCUT2D eigenvalue weighted by Gasteiger charge is 2.24. The van der Waals surface area contributed by atoms with Crippen molar-refractivity contribution in [3.05, 3.63) is 113 Å². The second-order valence-corrected chi connectivity index (χ2v) is 9.47. The fraction of sp³-hybridized carbons (Fsp3) is 0.207. The summed E-state index contributed by atoms with van der Waals surface area (Å²) in [7, 11) is 0. The molecule has 3 aromatic carbocycles. The van der Waals surface area contributed by atoms with E-state index in [0.29, 0.717) is 22.9 Å². The SMILES string of the molecule is Cc1cc(C(=O)Nc2cc(C(NCC3CC3)c3ccccc3)ccc2F)n(-c2cccc(C(=N)ON)c2)n1. The lowest BCUT2D eigenvalue weighted by Gasteiger charge is -2.21. The number of carbonyl (C=O) groups is 1. The molecular weight excluding hydrogens is 483 g/mol. The zero-order valence-corrected chi connectivity index (χ0v) is 20.9. The van der Waals surface area contributed by atoms with Crippen LogP contribution in [0.25, 0.3) is 5.69 Å². The summed E-state index contributed by atoms with van der Waals surface area (Å²) in [6.07, 6.45) is 2.44. The number of carbonyl (C=O) groups excluding carboxylic acids is 1. The van der Waals surface area contributed by atoms with Crippen LogP contribution >= 0.6 is 0 Å². The number of halogens is 1. The van der Waals surface area contributed by atoms with E-state index in [2.05, 4.69) is 20.6 Å². The molecule has 1 fully saturated rings. The molecule has 0 aliphatic heterocycles. The van der Waals surface area contributed by atoms with Crippen molar-refractivity contribution in [1.82, 2.24) is 15.1 Å². The number of aryl methyl sites for hydroxylation is 1. The van der Waals surface area contributed by atoms with Crippen LogP contribution in [0.4, 0.5) is 10.1 Å². The van der Waals surface area contributed by atoms with Crippen LogP contribution in [0.1, 0.15) is 51.8 Å². The van der Waals surface area contributed by atoms with E-state index in [-0.39, 0.29) is 23.3 Å². The van der Waals surface area contributed by atoms with Gasteiger partial charge in [-0.05, 0) is 79.8 Å². The zero-order valence-electron chi connectivity index (χ0n) is 20.9. The minimum absolute atomic E-state index is 0.0825. The lowest BCUT2D eigenvalue weighted by molar-refractivity contribution is 0.101. The van der Waals surface area contributed by atoms with Gasteiger partial charge in [-0.2, -0.15) is 11.0 Å². The Hall–Kier alpha value is -4.34. The molecule has 1 atom stereocenters. The van der Waals surface area contributed by atoms with Crippen molar-refractivity contribution in [2.75, 3.05) is 11.9 Å². The molecule has 1 aliphatic rings. The van der Waals surface area contributed by atoms with E-state index < -0.39 is 11.7 Å². The molecule has 0 spiro atoms. The number of hydrogen-bond acceptors (Lipinski definition) is 6. The van der Waals surface area contributed by atoms with Crippen LogP contribution < -0.4 is 16.5 Å². The monoisotopic (exact) mass is 512 g/mol. The van der Waals surface area contributed by atoms with Crippen molar-refractivity contribution >= 4 is 17.5 Å². The van der Waals surface area contributed by atoms with E-state index >= 15 is 0 Å². The van der Waals surface area contributed by atoms with Crippen LogP contribution in [-0.2, 0) is 4.84 Å². The predicted molar refractivity (Wildman–Crippen MR) is 144 cm³/mol. The number of hydrogen-bond donors (Lipinski definition) is 4. The minimum Gasteiger partial charge on any atom is -0.391 e. The standard InChI is InChI=1S/C29H29FN6O2/c1-18-14-26(36(35-18)23-9-5-8-22(15-23)28(31)38-32)29(37)34-25-16-21(12-13-24(25)30)27(33-17-19-10-11-19)20-6-3-2-4-7-20/h2-9,12-16,19,27,31,33H,10-11,17,32H2,1H3,(H,34,37). The van der Waals surface area contributed by atoms with Gasteiger partial charge in [0.05, 0.1) is 23.1 Å². The topological polar surface area (TPSA) is 118 Å². The number of anilines is 1. The van der Waals surface area contributed by atoms with Crippen molar-refractivity contribution < 1.29 is 14.0 Å². The Kier molecular flexibility index (Phi) is 7.30. The van der Waals surface area contributed by atoms with Gasteiger partial charge >= 0.3 is 0 Å². The van der Waals surface area contributed by atoms with Gasteiger partial charge in [-0.25, -0.2) is 9.07 Å². The second kappa shape index (κ2) is 11.0. The fourth-order valence-electron chi connectivity index (χ4n) is 4.39.